The Morgan fingerprint density at radius 1 is 1.25 bits per heavy atom. The molecule has 2 atom stereocenters. The number of aromatic nitrogens is 3. The van der Waals surface area contributed by atoms with Gasteiger partial charge in [0, 0.05) is 38.8 Å². The van der Waals surface area contributed by atoms with E-state index in [0.717, 1.165) is 61.9 Å². The van der Waals surface area contributed by atoms with Gasteiger partial charge in [-0.1, -0.05) is 19.9 Å². The summed E-state index contributed by atoms with van der Waals surface area (Å²) < 4.78 is 2.04. The van der Waals surface area contributed by atoms with Crippen molar-refractivity contribution in [1.82, 2.24) is 24.8 Å². The Hall–Kier alpha value is -2.11. The molecule has 3 heterocycles. The molecule has 6 heteroatoms. The predicted octanol–water partition coefficient (Wildman–Crippen LogP) is 2.22. The van der Waals surface area contributed by atoms with Crippen molar-refractivity contribution < 1.29 is 0 Å². The van der Waals surface area contributed by atoms with Crippen molar-refractivity contribution >= 4 is 11.6 Å². The highest BCUT2D eigenvalue weighted by Crippen LogP contribution is 2.20. The number of aliphatic imine (C=N–C) groups is 1. The second-order valence-electron chi connectivity index (χ2n) is 6.88. The number of hydrogen-bond donors (Lipinski definition) is 1. The lowest BCUT2D eigenvalue weighted by molar-refractivity contribution is 0.208. The summed E-state index contributed by atoms with van der Waals surface area (Å²) in [6.07, 6.45) is 4.11. The van der Waals surface area contributed by atoms with Crippen LogP contribution in [-0.4, -0.2) is 51.6 Å². The Kier molecular flexibility index (Phi) is 5.33. The highest BCUT2D eigenvalue weighted by atomic mass is 15.3. The molecule has 1 fully saturated rings. The largest absolute Gasteiger partial charge is 0.357 e. The lowest BCUT2D eigenvalue weighted by Crippen LogP contribution is -2.48. The van der Waals surface area contributed by atoms with Crippen molar-refractivity contribution in [2.45, 2.75) is 33.6 Å². The average Bonchev–Trinajstić information content (AvgIpc) is 2.96. The minimum absolute atomic E-state index is 0.720. The number of fused-ring (bicyclic) bond motifs is 1. The van der Waals surface area contributed by atoms with Crippen LogP contribution in [0.4, 0.5) is 0 Å². The third kappa shape index (κ3) is 3.86. The number of nitrogens with zero attached hydrogens (tertiary/aromatic N) is 5. The fraction of sp³-hybridized carbons (Fsp3) is 0.611. The summed E-state index contributed by atoms with van der Waals surface area (Å²) >= 11 is 0. The van der Waals surface area contributed by atoms with Gasteiger partial charge >= 0.3 is 0 Å². The first-order chi connectivity index (χ1) is 11.7. The van der Waals surface area contributed by atoms with Crippen LogP contribution >= 0.6 is 0 Å². The molecule has 1 aliphatic rings. The molecule has 1 N–H and O–H groups in total. The summed E-state index contributed by atoms with van der Waals surface area (Å²) in [6, 6.07) is 5.96. The Morgan fingerprint density at radius 3 is 2.79 bits per heavy atom. The van der Waals surface area contributed by atoms with Gasteiger partial charge in [-0.3, -0.25) is 9.39 Å². The highest BCUT2D eigenvalue weighted by Gasteiger charge is 2.23. The second-order valence-corrected chi connectivity index (χ2v) is 6.88. The first kappa shape index (κ1) is 16.7. The molecular weight excluding hydrogens is 300 g/mol. The number of guanidine groups is 1. The van der Waals surface area contributed by atoms with E-state index in [0.29, 0.717) is 0 Å². The zero-order valence-corrected chi connectivity index (χ0v) is 14.9. The number of likely N-dealkylation sites (tertiary alicyclic amines) is 1. The van der Waals surface area contributed by atoms with Crippen LogP contribution in [0.1, 0.15) is 33.0 Å². The van der Waals surface area contributed by atoms with E-state index < -0.39 is 0 Å². The van der Waals surface area contributed by atoms with Gasteiger partial charge in [0.05, 0.1) is 0 Å². The van der Waals surface area contributed by atoms with Crippen molar-refractivity contribution in [1.29, 1.82) is 0 Å². The molecule has 2 unspecified atom stereocenters. The van der Waals surface area contributed by atoms with E-state index in [1.54, 1.807) is 0 Å². The van der Waals surface area contributed by atoms with Crippen LogP contribution in [0.5, 0.6) is 0 Å². The maximum absolute atomic E-state index is 4.84. The van der Waals surface area contributed by atoms with Gasteiger partial charge < -0.3 is 10.2 Å². The maximum atomic E-state index is 4.84. The van der Waals surface area contributed by atoms with Gasteiger partial charge in [-0.15, -0.1) is 10.2 Å². The lowest BCUT2D eigenvalue weighted by atomic mass is 9.92. The minimum Gasteiger partial charge on any atom is -0.357 e. The summed E-state index contributed by atoms with van der Waals surface area (Å²) in [7, 11) is 0. The molecule has 2 aromatic rings. The van der Waals surface area contributed by atoms with Gasteiger partial charge in [-0.05, 0) is 37.3 Å². The topological polar surface area (TPSA) is 57.8 Å². The molecule has 24 heavy (non-hydrogen) atoms. The minimum atomic E-state index is 0.720. The first-order valence-electron chi connectivity index (χ1n) is 8.99. The first-order valence-corrected chi connectivity index (χ1v) is 8.99. The van der Waals surface area contributed by atoms with E-state index in [1.807, 2.05) is 28.8 Å². The van der Waals surface area contributed by atoms with Gasteiger partial charge in [0.2, 0.25) is 0 Å². The van der Waals surface area contributed by atoms with Crippen molar-refractivity contribution in [3.05, 3.63) is 30.2 Å². The fourth-order valence-electron chi connectivity index (χ4n) is 3.58. The number of piperidine rings is 1. The van der Waals surface area contributed by atoms with Crippen molar-refractivity contribution in [3.63, 3.8) is 0 Å². The smallest absolute Gasteiger partial charge is 0.193 e. The standard InChI is InChI=1S/C18H28N6/c1-4-19-18(23-12-14(2)11-15(3)13-23)20-9-8-17-22-21-16-7-5-6-10-24(16)17/h5-7,10,14-15H,4,8-9,11-13H2,1-3H3,(H,19,20). The maximum Gasteiger partial charge on any atom is 0.193 e. The normalized spacial score (nSPS) is 22.1. The zero-order chi connectivity index (χ0) is 16.9. The van der Waals surface area contributed by atoms with Crippen LogP contribution in [0, 0.1) is 11.8 Å². The van der Waals surface area contributed by atoms with Crippen LogP contribution in [0.15, 0.2) is 29.4 Å². The summed E-state index contributed by atoms with van der Waals surface area (Å²) in [6.45, 7) is 10.6. The van der Waals surface area contributed by atoms with Gasteiger partial charge in [-0.25, -0.2) is 0 Å². The van der Waals surface area contributed by atoms with Gasteiger partial charge in [-0.2, -0.15) is 0 Å². The van der Waals surface area contributed by atoms with Gasteiger partial charge in [0.15, 0.2) is 11.6 Å². The van der Waals surface area contributed by atoms with Crippen LogP contribution in [-0.2, 0) is 6.42 Å². The van der Waals surface area contributed by atoms with Crippen LogP contribution in [0.3, 0.4) is 0 Å². The molecule has 6 nitrogen and oxygen atoms in total. The molecule has 0 amide bonds. The molecule has 0 spiro atoms. The molecule has 130 valence electrons. The van der Waals surface area contributed by atoms with E-state index in [2.05, 4.69) is 41.2 Å². The van der Waals surface area contributed by atoms with Crippen LogP contribution < -0.4 is 5.32 Å². The highest BCUT2D eigenvalue weighted by molar-refractivity contribution is 5.80. The van der Waals surface area contributed by atoms with E-state index in [9.17, 15) is 0 Å². The monoisotopic (exact) mass is 328 g/mol. The van der Waals surface area contributed by atoms with Crippen LogP contribution in [0.25, 0.3) is 5.65 Å². The van der Waals surface area contributed by atoms with Gasteiger partial charge in [0.1, 0.15) is 5.82 Å². The Labute approximate surface area is 144 Å². The van der Waals surface area contributed by atoms with E-state index in [-0.39, 0.29) is 0 Å². The molecule has 0 saturated carbocycles. The molecule has 0 radical (unpaired) electrons. The average molecular weight is 328 g/mol. The summed E-state index contributed by atoms with van der Waals surface area (Å²) in [5.41, 5.74) is 0.891. The second kappa shape index (κ2) is 7.64. The predicted molar refractivity (Wildman–Crippen MR) is 97.2 cm³/mol. The zero-order valence-electron chi connectivity index (χ0n) is 14.9. The Bertz CT molecular complexity index is 682. The molecule has 0 aromatic carbocycles. The molecule has 1 saturated heterocycles. The van der Waals surface area contributed by atoms with E-state index in [1.165, 1.54) is 6.42 Å². The molecule has 2 aromatic heterocycles. The molecule has 0 bridgehead atoms. The molecule has 3 rings (SSSR count). The Morgan fingerprint density at radius 2 is 2.04 bits per heavy atom. The summed E-state index contributed by atoms with van der Waals surface area (Å²) in [5, 5.41) is 11.9. The van der Waals surface area contributed by atoms with Gasteiger partial charge in [0.25, 0.3) is 0 Å². The van der Waals surface area contributed by atoms with Crippen molar-refractivity contribution in [3.8, 4) is 0 Å². The fourth-order valence-corrected chi connectivity index (χ4v) is 3.58. The summed E-state index contributed by atoms with van der Waals surface area (Å²) in [4.78, 5) is 7.25. The lowest BCUT2D eigenvalue weighted by Gasteiger charge is -2.37. The number of pyridine rings is 1. The number of hydrogen-bond acceptors (Lipinski definition) is 3. The van der Waals surface area contributed by atoms with Crippen molar-refractivity contribution in [2.24, 2.45) is 16.8 Å². The van der Waals surface area contributed by atoms with E-state index in [4.69, 9.17) is 4.99 Å². The van der Waals surface area contributed by atoms with E-state index >= 15 is 0 Å². The third-order valence-corrected chi connectivity index (χ3v) is 4.48. The Balaban J connectivity index is 1.67. The molecule has 1 aliphatic heterocycles. The SMILES string of the molecule is CCNC(=NCCc1nnc2ccccn12)N1CC(C)CC(C)C1. The van der Waals surface area contributed by atoms with Crippen molar-refractivity contribution in [2.75, 3.05) is 26.2 Å². The molecular formula is C18H28N6. The number of nitrogens with one attached hydrogen (secondary N) is 1. The third-order valence-electron chi connectivity index (χ3n) is 4.48. The van der Waals surface area contributed by atoms with Crippen LogP contribution in [0.2, 0.25) is 0 Å². The molecule has 0 aliphatic carbocycles. The quantitative estimate of drug-likeness (QED) is 0.691. The summed E-state index contributed by atoms with van der Waals surface area (Å²) in [5.74, 6) is 3.44. The number of rotatable bonds is 4.